The summed E-state index contributed by atoms with van der Waals surface area (Å²) in [5, 5.41) is 12.2. The molecule has 0 aromatic carbocycles. The molecule has 11 heteroatoms. The van der Waals surface area contributed by atoms with E-state index in [0.717, 1.165) is 44.3 Å². The van der Waals surface area contributed by atoms with Crippen LogP contribution in [-0.4, -0.2) is 91.1 Å². The van der Waals surface area contributed by atoms with Gasteiger partial charge in [0.05, 0.1) is 25.1 Å². The zero-order chi connectivity index (χ0) is 30.9. The number of esters is 1. The Morgan fingerprint density at radius 3 is 2.50 bits per heavy atom. The first kappa shape index (κ1) is 30.2. The topological polar surface area (TPSA) is 137 Å². The fourth-order valence-electron chi connectivity index (χ4n) is 10.4. The summed E-state index contributed by atoms with van der Waals surface area (Å²) in [5.41, 5.74) is -1.75. The van der Waals surface area contributed by atoms with Gasteiger partial charge in [-0.3, -0.25) is 9.69 Å². The molecule has 0 unspecified atom stereocenters. The van der Waals surface area contributed by atoms with Crippen LogP contribution in [0.1, 0.15) is 77.2 Å². The van der Waals surface area contributed by atoms with E-state index >= 15 is 0 Å². The molecule has 0 radical (unpaired) electrons. The predicted molar refractivity (Wildman–Crippen MR) is 155 cm³/mol. The van der Waals surface area contributed by atoms with Crippen LogP contribution in [0.4, 0.5) is 4.79 Å². The van der Waals surface area contributed by atoms with Crippen molar-refractivity contribution in [2.24, 2.45) is 22.7 Å². The molecule has 4 saturated carbocycles. The Labute approximate surface area is 257 Å². The molecule has 2 aliphatic heterocycles. The lowest BCUT2D eigenvalue weighted by molar-refractivity contribution is -0.225. The Bertz CT molecular complexity index is 1320. The third-order valence-electron chi connectivity index (χ3n) is 12.6. The van der Waals surface area contributed by atoms with Gasteiger partial charge in [-0.25, -0.2) is 9.59 Å². The Balaban J connectivity index is 1.06. The van der Waals surface area contributed by atoms with E-state index in [9.17, 15) is 19.5 Å². The monoisotopic (exact) mass is 615 g/mol. The average molecular weight is 616 g/mol. The second-order valence-electron chi connectivity index (χ2n) is 14.5. The zero-order valence-electron chi connectivity index (χ0n) is 26.0. The highest BCUT2D eigenvalue weighted by molar-refractivity contribution is 5.67. The lowest BCUT2D eigenvalue weighted by Crippen LogP contribution is -2.65. The molecule has 44 heavy (non-hydrogen) atoms. The van der Waals surface area contributed by atoms with Crippen molar-refractivity contribution >= 4 is 12.1 Å². The highest BCUT2D eigenvalue weighted by Crippen LogP contribution is 2.78. The molecule has 1 aromatic rings. The normalized spacial score (nSPS) is 44.4. The van der Waals surface area contributed by atoms with Crippen LogP contribution in [0, 0.1) is 22.7 Å². The quantitative estimate of drug-likeness (QED) is 0.372. The first-order valence-corrected chi connectivity index (χ1v) is 16.3. The van der Waals surface area contributed by atoms with Crippen molar-refractivity contribution in [1.82, 2.24) is 4.90 Å². The van der Waals surface area contributed by atoms with E-state index in [1.165, 1.54) is 19.3 Å². The van der Waals surface area contributed by atoms with Crippen molar-refractivity contribution in [3.63, 3.8) is 0 Å². The maximum atomic E-state index is 12.6. The van der Waals surface area contributed by atoms with Gasteiger partial charge < -0.3 is 33.2 Å². The molecule has 2 saturated heterocycles. The molecule has 6 aliphatic rings. The van der Waals surface area contributed by atoms with Gasteiger partial charge >= 0.3 is 17.8 Å². The van der Waals surface area contributed by atoms with Gasteiger partial charge in [0.25, 0.3) is 0 Å². The number of aliphatic hydroxyl groups is 1. The van der Waals surface area contributed by atoms with Crippen LogP contribution in [0.3, 0.4) is 0 Å². The largest absolute Gasteiger partial charge is 0.508 e. The molecule has 0 amide bonds. The van der Waals surface area contributed by atoms with Crippen molar-refractivity contribution in [3.05, 3.63) is 34.4 Å². The van der Waals surface area contributed by atoms with E-state index in [2.05, 4.69) is 18.7 Å². The lowest BCUT2D eigenvalue weighted by atomic mass is 9.42. The second-order valence-corrected chi connectivity index (χ2v) is 14.5. The van der Waals surface area contributed by atoms with E-state index < -0.39 is 35.2 Å². The average Bonchev–Trinajstić information content (AvgIpc) is 3.69. The highest BCUT2D eigenvalue weighted by Gasteiger charge is 2.85. The van der Waals surface area contributed by atoms with Crippen LogP contribution < -0.4 is 5.63 Å². The van der Waals surface area contributed by atoms with Crippen molar-refractivity contribution in [1.29, 1.82) is 0 Å². The Kier molecular flexibility index (Phi) is 7.42. The summed E-state index contributed by atoms with van der Waals surface area (Å²) >= 11 is 0. The number of nitrogens with zero attached hydrogens (tertiary/aromatic N) is 1. The summed E-state index contributed by atoms with van der Waals surface area (Å²) in [6.45, 7) is 9.83. The van der Waals surface area contributed by atoms with E-state index in [4.69, 9.17) is 28.1 Å². The number of morpholine rings is 1. The van der Waals surface area contributed by atoms with E-state index in [1.54, 1.807) is 6.07 Å². The number of rotatable bonds is 6. The molecule has 4 aliphatic carbocycles. The van der Waals surface area contributed by atoms with Crippen LogP contribution in [0.5, 0.6) is 0 Å². The molecule has 1 aromatic heterocycles. The Morgan fingerprint density at radius 2 is 1.77 bits per heavy atom. The molecule has 11 nitrogen and oxygen atoms in total. The summed E-state index contributed by atoms with van der Waals surface area (Å²) in [5.74, 6) is -0.142. The van der Waals surface area contributed by atoms with Gasteiger partial charge in [-0.1, -0.05) is 13.8 Å². The lowest BCUT2D eigenvalue weighted by Gasteiger charge is -2.64. The number of carbonyl (C=O) groups excluding carboxylic acids is 2. The third kappa shape index (κ3) is 4.55. The van der Waals surface area contributed by atoms with Crippen molar-refractivity contribution < 1.29 is 42.8 Å². The first-order valence-electron chi connectivity index (χ1n) is 16.3. The van der Waals surface area contributed by atoms with Gasteiger partial charge in [0.1, 0.15) is 30.5 Å². The number of carbonyl (C=O) groups is 2. The SMILES string of the molecule is CC(=O)O[C@H]1[C@H]2O[C@]23[C@@H]2CC[C@]4(O)C[C@@H](OC(=O)OCCN5CCOCC5)CC[C@]4(C)[C@H]2CC[C@]3(C)[C@H]1c1ccc(=O)oc1. The van der Waals surface area contributed by atoms with Gasteiger partial charge in [0.2, 0.25) is 0 Å². The van der Waals surface area contributed by atoms with Crippen LogP contribution in [0.25, 0.3) is 0 Å². The number of ether oxygens (including phenoxy) is 5. The molecular formula is C33H45NO10. The molecule has 1 spiro atoms. The minimum Gasteiger partial charge on any atom is -0.459 e. The number of hydrogen-bond donors (Lipinski definition) is 1. The van der Waals surface area contributed by atoms with Crippen LogP contribution in [0.2, 0.25) is 0 Å². The minimum absolute atomic E-state index is 0.164. The fourth-order valence-corrected chi connectivity index (χ4v) is 10.4. The number of hydrogen-bond acceptors (Lipinski definition) is 11. The van der Waals surface area contributed by atoms with Crippen molar-refractivity contribution in [2.45, 2.75) is 101 Å². The third-order valence-corrected chi connectivity index (χ3v) is 12.6. The van der Waals surface area contributed by atoms with Crippen LogP contribution in [0.15, 0.2) is 27.6 Å². The van der Waals surface area contributed by atoms with Crippen LogP contribution in [-0.2, 0) is 28.5 Å². The van der Waals surface area contributed by atoms with Crippen molar-refractivity contribution in [2.75, 3.05) is 39.5 Å². The van der Waals surface area contributed by atoms with Gasteiger partial charge in [-0.05, 0) is 67.4 Å². The number of epoxide rings is 1. The van der Waals surface area contributed by atoms with Gasteiger partial charge in [-0.15, -0.1) is 0 Å². The summed E-state index contributed by atoms with van der Waals surface area (Å²) in [4.78, 5) is 38.8. The van der Waals surface area contributed by atoms with Crippen molar-refractivity contribution in [3.8, 4) is 0 Å². The van der Waals surface area contributed by atoms with Gasteiger partial charge in [0.15, 0.2) is 0 Å². The standard InChI is InChI=1S/C33H45NO10/c1-20(35)42-27-26(21-4-5-25(36)41-19-21)31(3)10-7-23-24(33(31)28(27)44-33)8-11-32(38)18-22(6-9-30(23,32)2)43-29(37)40-17-14-34-12-15-39-16-13-34/h4-5,19,22-24,26-28,38H,6-18H2,1-3H3/t22-,23-,24+,26-,27+,28+,30+,31+,32-,33+/m0/s1. The molecule has 6 fully saturated rings. The minimum atomic E-state index is -0.976. The summed E-state index contributed by atoms with van der Waals surface area (Å²) in [6.07, 6.45) is 4.57. The fraction of sp³-hybridized carbons (Fsp3) is 0.788. The Morgan fingerprint density at radius 1 is 1.02 bits per heavy atom. The molecule has 0 bridgehead atoms. The maximum Gasteiger partial charge on any atom is 0.508 e. The summed E-state index contributed by atoms with van der Waals surface area (Å²) in [7, 11) is 0. The molecular weight excluding hydrogens is 570 g/mol. The molecule has 7 rings (SSSR count). The smallest absolute Gasteiger partial charge is 0.459 e. The van der Waals surface area contributed by atoms with Crippen LogP contribution >= 0.6 is 0 Å². The van der Waals surface area contributed by atoms with Gasteiger partial charge in [0, 0.05) is 50.4 Å². The molecule has 10 atom stereocenters. The first-order chi connectivity index (χ1) is 21.0. The number of fused-ring (bicyclic) bond motifs is 3. The maximum absolute atomic E-state index is 12.6. The van der Waals surface area contributed by atoms with Gasteiger partial charge in [-0.2, -0.15) is 0 Å². The van der Waals surface area contributed by atoms with E-state index in [0.29, 0.717) is 39.0 Å². The Hall–Kier alpha value is -2.47. The predicted octanol–water partition coefficient (Wildman–Crippen LogP) is 3.41. The summed E-state index contributed by atoms with van der Waals surface area (Å²) in [6, 6.07) is 3.22. The highest BCUT2D eigenvalue weighted by atomic mass is 16.7. The zero-order valence-corrected chi connectivity index (χ0v) is 26.0. The molecule has 3 heterocycles. The molecule has 242 valence electrons. The van der Waals surface area contributed by atoms with E-state index in [-0.39, 0.29) is 47.3 Å². The summed E-state index contributed by atoms with van der Waals surface area (Å²) < 4.78 is 34.4. The second kappa shape index (κ2) is 10.8. The van der Waals surface area contributed by atoms with E-state index in [1.807, 2.05) is 0 Å². The molecule has 1 N–H and O–H groups in total.